The van der Waals surface area contributed by atoms with Gasteiger partial charge in [0.2, 0.25) is 0 Å². The summed E-state index contributed by atoms with van der Waals surface area (Å²) < 4.78 is 0. The minimum Gasteiger partial charge on any atom is -0.298 e. The number of likely N-dealkylation sites (tertiary alicyclic amines) is 1. The fraction of sp³-hybridized carbons (Fsp3) is 0.857. The molecule has 1 aliphatic heterocycles. The van der Waals surface area contributed by atoms with Gasteiger partial charge >= 0.3 is 0 Å². The third kappa shape index (κ3) is 1.52. The Hall–Kier alpha value is -0.370. The first-order chi connectivity index (χ1) is 4.20. The second kappa shape index (κ2) is 2.48. The van der Waals surface area contributed by atoms with Gasteiger partial charge in [0.1, 0.15) is 5.78 Å². The maximum Gasteiger partial charge on any atom is 0.146 e. The maximum atomic E-state index is 10.8. The molecular formula is C7H13NO. The Kier molecular flexibility index (Phi) is 1.86. The van der Waals surface area contributed by atoms with E-state index in [-0.39, 0.29) is 0 Å². The SMILES string of the molecule is CC1CCC(=O)CN1C. The van der Waals surface area contributed by atoms with E-state index in [1.165, 1.54) is 0 Å². The van der Waals surface area contributed by atoms with Gasteiger partial charge in [-0.1, -0.05) is 0 Å². The Bertz CT molecular complexity index is 122. The van der Waals surface area contributed by atoms with E-state index in [1.54, 1.807) is 0 Å². The molecule has 0 aromatic heterocycles. The van der Waals surface area contributed by atoms with Crippen molar-refractivity contribution in [2.24, 2.45) is 0 Å². The molecule has 1 aliphatic rings. The summed E-state index contributed by atoms with van der Waals surface area (Å²) in [5.74, 6) is 0.385. The molecule has 1 heterocycles. The third-order valence-corrected chi connectivity index (χ3v) is 2.02. The Balaban J connectivity index is 2.44. The quantitative estimate of drug-likeness (QED) is 0.476. The van der Waals surface area contributed by atoms with Crippen LogP contribution in [0.3, 0.4) is 0 Å². The van der Waals surface area contributed by atoms with E-state index in [0.29, 0.717) is 18.4 Å². The highest BCUT2D eigenvalue weighted by molar-refractivity contribution is 5.81. The fourth-order valence-corrected chi connectivity index (χ4v) is 1.10. The Morgan fingerprint density at radius 3 is 2.78 bits per heavy atom. The molecule has 0 aromatic rings. The van der Waals surface area contributed by atoms with Gasteiger partial charge in [0, 0.05) is 12.5 Å². The minimum atomic E-state index is 0.385. The fourth-order valence-electron chi connectivity index (χ4n) is 1.10. The van der Waals surface area contributed by atoms with Crippen LogP contribution in [0.4, 0.5) is 0 Å². The van der Waals surface area contributed by atoms with E-state index in [0.717, 1.165) is 12.8 Å². The normalized spacial score (nSPS) is 30.9. The summed E-state index contributed by atoms with van der Waals surface area (Å²) >= 11 is 0. The van der Waals surface area contributed by atoms with Crippen LogP contribution in [0.25, 0.3) is 0 Å². The lowest BCUT2D eigenvalue weighted by Gasteiger charge is -2.28. The van der Waals surface area contributed by atoms with Crippen molar-refractivity contribution < 1.29 is 4.79 Å². The van der Waals surface area contributed by atoms with Crippen molar-refractivity contribution in [3.8, 4) is 0 Å². The molecule has 1 saturated heterocycles. The average Bonchev–Trinajstić information content (AvgIpc) is 1.80. The van der Waals surface area contributed by atoms with Crippen molar-refractivity contribution in [3.05, 3.63) is 0 Å². The number of hydrogen-bond acceptors (Lipinski definition) is 2. The van der Waals surface area contributed by atoms with Gasteiger partial charge in [-0.15, -0.1) is 0 Å². The lowest BCUT2D eigenvalue weighted by atomic mass is 10.0. The first kappa shape index (κ1) is 6.75. The van der Waals surface area contributed by atoms with Crippen LogP contribution in [0, 0.1) is 0 Å². The number of likely N-dealkylation sites (N-methyl/N-ethyl adjacent to an activating group) is 1. The number of ketones is 1. The van der Waals surface area contributed by atoms with Crippen molar-refractivity contribution in [2.75, 3.05) is 13.6 Å². The van der Waals surface area contributed by atoms with E-state index in [2.05, 4.69) is 11.8 Å². The Labute approximate surface area is 55.8 Å². The van der Waals surface area contributed by atoms with Gasteiger partial charge in [0.05, 0.1) is 6.54 Å². The zero-order valence-electron chi connectivity index (χ0n) is 6.05. The molecule has 52 valence electrons. The summed E-state index contributed by atoms with van der Waals surface area (Å²) in [6.45, 7) is 2.81. The van der Waals surface area contributed by atoms with Gasteiger partial charge in [-0.3, -0.25) is 9.69 Å². The molecule has 1 fully saturated rings. The average molecular weight is 127 g/mol. The van der Waals surface area contributed by atoms with E-state index < -0.39 is 0 Å². The second-order valence-corrected chi connectivity index (χ2v) is 2.84. The minimum absolute atomic E-state index is 0.385. The molecule has 0 radical (unpaired) electrons. The van der Waals surface area contributed by atoms with Crippen LogP contribution in [-0.2, 0) is 4.79 Å². The Morgan fingerprint density at radius 2 is 2.33 bits per heavy atom. The number of hydrogen-bond donors (Lipinski definition) is 0. The van der Waals surface area contributed by atoms with Crippen LogP contribution in [0.2, 0.25) is 0 Å². The van der Waals surface area contributed by atoms with Gasteiger partial charge in [-0.25, -0.2) is 0 Å². The van der Waals surface area contributed by atoms with Crippen molar-refractivity contribution in [1.29, 1.82) is 0 Å². The predicted molar refractivity (Wildman–Crippen MR) is 36.3 cm³/mol. The molecule has 0 aliphatic carbocycles. The van der Waals surface area contributed by atoms with Gasteiger partial charge in [0.15, 0.2) is 0 Å². The third-order valence-electron chi connectivity index (χ3n) is 2.02. The van der Waals surface area contributed by atoms with Crippen LogP contribution in [0.15, 0.2) is 0 Å². The Morgan fingerprint density at radius 1 is 1.67 bits per heavy atom. The molecule has 0 bridgehead atoms. The van der Waals surface area contributed by atoms with Crippen LogP contribution < -0.4 is 0 Å². The summed E-state index contributed by atoms with van der Waals surface area (Å²) in [6.07, 6.45) is 1.82. The van der Waals surface area contributed by atoms with E-state index in [9.17, 15) is 4.79 Å². The lowest BCUT2D eigenvalue weighted by Crippen LogP contribution is -2.38. The van der Waals surface area contributed by atoms with Gasteiger partial charge in [-0.2, -0.15) is 0 Å². The summed E-state index contributed by atoms with van der Waals surface area (Å²) in [5.41, 5.74) is 0. The van der Waals surface area contributed by atoms with E-state index in [1.807, 2.05) is 7.05 Å². The molecule has 2 heteroatoms. The van der Waals surface area contributed by atoms with Gasteiger partial charge in [0.25, 0.3) is 0 Å². The highest BCUT2D eigenvalue weighted by Crippen LogP contribution is 2.10. The van der Waals surface area contributed by atoms with Crippen LogP contribution in [0.5, 0.6) is 0 Å². The van der Waals surface area contributed by atoms with Crippen molar-refractivity contribution in [3.63, 3.8) is 0 Å². The predicted octanol–water partition coefficient (Wildman–Crippen LogP) is 0.670. The largest absolute Gasteiger partial charge is 0.298 e. The molecule has 1 rings (SSSR count). The number of Topliss-reactive ketones (excluding diaryl/α,β-unsaturated/α-hetero) is 1. The summed E-state index contributed by atoms with van der Waals surface area (Å²) in [5, 5.41) is 0. The summed E-state index contributed by atoms with van der Waals surface area (Å²) in [6, 6.07) is 0.600. The van der Waals surface area contributed by atoms with Crippen molar-refractivity contribution >= 4 is 5.78 Å². The molecule has 0 aromatic carbocycles. The maximum absolute atomic E-state index is 10.8. The van der Waals surface area contributed by atoms with Gasteiger partial charge < -0.3 is 0 Å². The molecule has 0 amide bonds. The summed E-state index contributed by atoms with van der Waals surface area (Å²) in [4.78, 5) is 12.9. The standard InChI is InChI=1S/C7H13NO/c1-6-3-4-7(9)5-8(6)2/h6H,3-5H2,1-2H3. The molecule has 2 nitrogen and oxygen atoms in total. The number of nitrogens with zero attached hydrogens (tertiary/aromatic N) is 1. The molecule has 0 saturated carbocycles. The van der Waals surface area contributed by atoms with Gasteiger partial charge in [-0.05, 0) is 20.4 Å². The topological polar surface area (TPSA) is 20.3 Å². The molecular weight excluding hydrogens is 114 g/mol. The van der Waals surface area contributed by atoms with Crippen LogP contribution in [-0.4, -0.2) is 30.3 Å². The zero-order chi connectivity index (χ0) is 6.85. The molecule has 9 heavy (non-hydrogen) atoms. The summed E-state index contributed by atoms with van der Waals surface area (Å²) in [7, 11) is 2.00. The number of carbonyl (C=O) groups is 1. The van der Waals surface area contributed by atoms with Crippen LogP contribution >= 0.6 is 0 Å². The first-order valence-electron chi connectivity index (χ1n) is 3.42. The highest BCUT2D eigenvalue weighted by Gasteiger charge is 2.18. The second-order valence-electron chi connectivity index (χ2n) is 2.84. The van der Waals surface area contributed by atoms with E-state index >= 15 is 0 Å². The monoisotopic (exact) mass is 127 g/mol. The molecule has 0 N–H and O–H groups in total. The molecule has 1 unspecified atom stereocenters. The smallest absolute Gasteiger partial charge is 0.146 e. The zero-order valence-corrected chi connectivity index (χ0v) is 6.05. The van der Waals surface area contributed by atoms with Crippen LogP contribution in [0.1, 0.15) is 19.8 Å². The molecule has 1 atom stereocenters. The number of piperidine rings is 1. The van der Waals surface area contributed by atoms with Crippen molar-refractivity contribution in [1.82, 2.24) is 4.90 Å². The lowest BCUT2D eigenvalue weighted by molar-refractivity contribution is -0.122. The highest BCUT2D eigenvalue weighted by atomic mass is 16.1. The van der Waals surface area contributed by atoms with E-state index in [4.69, 9.17) is 0 Å². The number of rotatable bonds is 0. The van der Waals surface area contributed by atoms with Crippen molar-refractivity contribution in [2.45, 2.75) is 25.8 Å². The molecule has 0 spiro atoms. The first-order valence-corrected chi connectivity index (χ1v) is 3.42. The number of carbonyl (C=O) groups excluding carboxylic acids is 1.